The van der Waals surface area contributed by atoms with Gasteiger partial charge in [0.25, 0.3) is 10.2 Å². The Morgan fingerprint density at radius 1 is 1.07 bits per heavy atom. The summed E-state index contributed by atoms with van der Waals surface area (Å²) >= 11 is 6.14. The first-order chi connectivity index (χ1) is 13.2. The maximum atomic E-state index is 12.9. The number of anilines is 1. The second kappa shape index (κ2) is 8.57. The van der Waals surface area contributed by atoms with E-state index >= 15 is 0 Å². The van der Waals surface area contributed by atoms with Gasteiger partial charge in [0.15, 0.2) is 0 Å². The van der Waals surface area contributed by atoms with Crippen molar-refractivity contribution in [2.24, 2.45) is 5.92 Å². The minimum absolute atomic E-state index is 0.0898. The number of piperazine rings is 1. The van der Waals surface area contributed by atoms with Crippen LogP contribution in [0.4, 0.5) is 5.69 Å². The van der Waals surface area contributed by atoms with Gasteiger partial charge >= 0.3 is 0 Å². The van der Waals surface area contributed by atoms with E-state index in [-0.39, 0.29) is 11.8 Å². The second-order valence-electron chi connectivity index (χ2n) is 7.71. The Balaban J connectivity index is 1.54. The van der Waals surface area contributed by atoms with E-state index in [1.54, 1.807) is 0 Å². The summed E-state index contributed by atoms with van der Waals surface area (Å²) in [5.74, 6) is 0.0671. The fourth-order valence-electron chi connectivity index (χ4n) is 3.91. The average Bonchev–Trinajstić information content (AvgIpc) is 2.69. The van der Waals surface area contributed by atoms with Gasteiger partial charge in [-0.05, 0) is 37.5 Å². The van der Waals surface area contributed by atoms with Gasteiger partial charge in [-0.2, -0.15) is 17.0 Å². The summed E-state index contributed by atoms with van der Waals surface area (Å²) in [5, 5.41) is 0.721. The molecule has 2 saturated heterocycles. The minimum Gasteiger partial charge on any atom is -0.368 e. The third-order valence-electron chi connectivity index (χ3n) is 5.69. The van der Waals surface area contributed by atoms with Crippen molar-refractivity contribution < 1.29 is 13.2 Å². The van der Waals surface area contributed by atoms with E-state index in [0.717, 1.165) is 23.8 Å². The first kappa shape index (κ1) is 21.4. The standard InChI is InChI=1S/C19H29ClN4O3S/c1-15-4-5-17(20)14-18(15)22-10-12-23(13-11-22)19(25)16-6-8-24(9-7-16)28(26,27)21(2)3/h4-5,14,16H,6-13H2,1-3H3. The fraction of sp³-hybridized carbons (Fsp3) is 0.632. The van der Waals surface area contributed by atoms with Crippen LogP contribution in [0.15, 0.2) is 18.2 Å². The Hall–Kier alpha value is -1.35. The summed E-state index contributed by atoms with van der Waals surface area (Å²) in [6.45, 7) is 5.79. The quantitative estimate of drug-likeness (QED) is 0.733. The molecule has 28 heavy (non-hydrogen) atoms. The van der Waals surface area contributed by atoms with Gasteiger partial charge in [0.1, 0.15) is 0 Å². The number of carbonyl (C=O) groups is 1. The maximum Gasteiger partial charge on any atom is 0.281 e. The van der Waals surface area contributed by atoms with Gasteiger partial charge in [0.05, 0.1) is 0 Å². The lowest BCUT2D eigenvalue weighted by molar-refractivity contribution is -0.137. The molecule has 0 radical (unpaired) electrons. The largest absolute Gasteiger partial charge is 0.368 e. The molecule has 2 aliphatic heterocycles. The van der Waals surface area contributed by atoms with E-state index in [1.807, 2.05) is 23.1 Å². The predicted molar refractivity (Wildman–Crippen MR) is 112 cm³/mol. The van der Waals surface area contributed by atoms with E-state index in [2.05, 4.69) is 11.8 Å². The summed E-state index contributed by atoms with van der Waals surface area (Å²) in [6, 6.07) is 5.89. The molecule has 1 aromatic carbocycles. The first-order valence-electron chi connectivity index (χ1n) is 9.67. The van der Waals surface area contributed by atoms with Crippen LogP contribution in [-0.4, -0.2) is 81.2 Å². The smallest absolute Gasteiger partial charge is 0.281 e. The Morgan fingerprint density at radius 2 is 1.68 bits per heavy atom. The molecular formula is C19H29ClN4O3S. The molecule has 0 spiro atoms. The van der Waals surface area contributed by atoms with Crippen LogP contribution < -0.4 is 4.90 Å². The molecule has 0 atom stereocenters. The number of aryl methyl sites for hydroxylation is 1. The molecule has 1 amide bonds. The Labute approximate surface area is 173 Å². The zero-order valence-corrected chi connectivity index (χ0v) is 18.3. The molecule has 2 heterocycles. The number of amides is 1. The van der Waals surface area contributed by atoms with Gasteiger partial charge in [-0.25, -0.2) is 0 Å². The molecule has 0 unspecified atom stereocenters. The zero-order chi connectivity index (χ0) is 20.5. The maximum absolute atomic E-state index is 12.9. The first-order valence-corrected chi connectivity index (χ1v) is 11.4. The van der Waals surface area contributed by atoms with Crippen molar-refractivity contribution in [3.05, 3.63) is 28.8 Å². The summed E-state index contributed by atoms with van der Waals surface area (Å²) in [6.07, 6.45) is 1.17. The van der Waals surface area contributed by atoms with Gasteiger partial charge in [-0.15, -0.1) is 0 Å². The van der Waals surface area contributed by atoms with Gasteiger partial charge in [0, 0.05) is 70.0 Å². The number of nitrogens with zero attached hydrogens (tertiary/aromatic N) is 4. The van der Waals surface area contributed by atoms with Crippen LogP contribution in [-0.2, 0) is 15.0 Å². The highest BCUT2D eigenvalue weighted by Crippen LogP contribution is 2.27. The molecule has 0 N–H and O–H groups in total. The molecule has 9 heteroatoms. The number of piperidine rings is 1. The van der Waals surface area contributed by atoms with Crippen LogP contribution in [0.2, 0.25) is 5.02 Å². The van der Waals surface area contributed by atoms with Crippen LogP contribution in [0, 0.1) is 12.8 Å². The average molecular weight is 429 g/mol. The highest BCUT2D eigenvalue weighted by Gasteiger charge is 2.34. The monoisotopic (exact) mass is 428 g/mol. The number of hydrogen-bond donors (Lipinski definition) is 0. The summed E-state index contributed by atoms with van der Waals surface area (Å²) in [4.78, 5) is 17.1. The van der Waals surface area contributed by atoms with Crippen LogP contribution in [0.25, 0.3) is 0 Å². The van der Waals surface area contributed by atoms with Gasteiger partial charge in [0.2, 0.25) is 5.91 Å². The molecular weight excluding hydrogens is 400 g/mol. The van der Waals surface area contributed by atoms with E-state index < -0.39 is 10.2 Å². The van der Waals surface area contributed by atoms with Crippen LogP contribution in [0.5, 0.6) is 0 Å². The fourth-order valence-corrected chi connectivity index (χ4v) is 5.21. The molecule has 0 bridgehead atoms. The zero-order valence-electron chi connectivity index (χ0n) is 16.8. The van der Waals surface area contributed by atoms with E-state index in [1.165, 1.54) is 28.3 Å². The third-order valence-corrected chi connectivity index (χ3v) is 7.87. The van der Waals surface area contributed by atoms with Gasteiger partial charge < -0.3 is 9.80 Å². The van der Waals surface area contributed by atoms with Crippen molar-refractivity contribution in [1.29, 1.82) is 0 Å². The number of rotatable bonds is 4. The van der Waals surface area contributed by atoms with Gasteiger partial charge in [-0.3, -0.25) is 4.79 Å². The van der Waals surface area contributed by atoms with Gasteiger partial charge in [-0.1, -0.05) is 17.7 Å². The Kier molecular flexibility index (Phi) is 6.54. The lowest BCUT2D eigenvalue weighted by atomic mass is 9.96. The number of benzene rings is 1. The number of hydrogen-bond acceptors (Lipinski definition) is 4. The lowest BCUT2D eigenvalue weighted by Crippen LogP contribution is -2.52. The third kappa shape index (κ3) is 4.45. The van der Waals surface area contributed by atoms with E-state index in [9.17, 15) is 13.2 Å². The SMILES string of the molecule is Cc1ccc(Cl)cc1N1CCN(C(=O)C2CCN(S(=O)(=O)N(C)C)CC2)CC1. The lowest BCUT2D eigenvalue weighted by Gasteiger charge is -2.39. The highest BCUT2D eigenvalue weighted by atomic mass is 35.5. The van der Waals surface area contributed by atoms with Crippen molar-refractivity contribution in [2.45, 2.75) is 19.8 Å². The van der Waals surface area contributed by atoms with Crippen molar-refractivity contribution in [2.75, 3.05) is 58.3 Å². The van der Waals surface area contributed by atoms with Crippen LogP contribution in [0.3, 0.4) is 0 Å². The molecule has 3 rings (SSSR count). The van der Waals surface area contributed by atoms with Crippen molar-refractivity contribution in [1.82, 2.24) is 13.5 Å². The second-order valence-corrected chi connectivity index (χ2v) is 10.3. The highest BCUT2D eigenvalue weighted by molar-refractivity contribution is 7.86. The molecule has 1 aromatic rings. The molecule has 0 saturated carbocycles. The van der Waals surface area contributed by atoms with Crippen molar-refractivity contribution in [3.63, 3.8) is 0 Å². The molecule has 2 aliphatic rings. The predicted octanol–water partition coefficient (Wildman–Crippen LogP) is 1.82. The normalized spacial score (nSPS) is 20.0. The summed E-state index contributed by atoms with van der Waals surface area (Å²) < 4.78 is 27.2. The summed E-state index contributed by atoms with van der Waals surface area (Å²) in [7, 11) is -0.324. The molecule has 7 nitrogen and oxygen atoms in total. The number of halogens is 1. The molecule has 156 valence electrons. The Bertz CT molecular complexity index is 814. The number of carbonyl (C=O) groups excluding carboxylic acids is 1. The van der Waals surface area contributed by atoms with Crippen molar-refractivity contribution in [3.8, 4) is 0 Å². The minimum atomic E-state index is -3.40. The van der Waals surface area contributed by atoms with E-state index in [4.69, 9.17) is 11.6 Å². The molecule has 2 fully saturated rings. The van der Waals surface area contributed by atoms with Crippen molar-refractivity contribution >= 4 is 33.4 Å². The topological polar surface area (TPSA) is 64.2 Å². The van der Waals surface area contributed by atoms with E-state index in [0.29, 0.717) is 39.0 Å². The summed E-state index contributed by atoms with van der Waals surface area (Å²) in [5.41, 5.74) is 2.31. The Morgan fingerprint density at radius 3 is 2.25 bits per heavy atom. The molecule has 0 aromatic heterocycles. The van der Waals surface area contributed by atoms with Crippen LogP contribution in [0.1, 0.15) is 18.4 Å². The van der Waals surface area contributed by atoms with Crippen LogP contribution >= 0.6 is 11.6 Å². The molecule has 0 aliphatic carbocycles.